The summed E-state index contributed by atoms with van der Waals surface area (Å²) in [5, 5.41) is 23.1. The summed E-state index contributed by atoms with van der Waals surface area (Å²) in [6, 6.07) is 2.05. The molecule has 1 aromatic heterocycles. The second-order valence-electron chi connectivity index (χ2n) is 4.50. The number of nitro benzene ring substituents is 1. The number of hydrogen-bond donors (Lipinski definition) is 2. The number of hydrogen-bond acceptors (Lipinski definition) is 8. The van der Waals surface area contributed by atoms with E-state index in [0.717, 1.165) is 0 Å². The van der Waals surface area contributed by atoms with Crippen LogP contribution in [0.4, 0.5) is 11.4 Å². The van der Waals surface area contributed by atoms with Crippen molar-refractivity contribution in [3.8, 4) is 0 Å². The summed E-state index contributed by atoms with van der Waals surface area (Å²) in [5.41, 5.74) is 0.303. The lowest BCUT2D eigenvalue weighted by molar-refractivity contribution is -0.383. The fourth-order valence-electron chi connectivity index (χ4n) is 2.14. The average molecular weight is 291 g/mol. The van der Waals surface area contributed by atoms with Gasteiger partial charge in [-0.15, -0.1) is 0 Å². The zero-order valence-corrected chi connectivity index (χ0v) is 10.5. The van der Waals surface area contributed by atoms with Crippen LogP contribution in [0.5, 0.6) is 0 Å². The van der Waals surface area contributed by atoms with Crippen molar-refractivity contribution in [1.82, 2.24) is 15.6 Å². The number of fused-ring (bicyclic) bond motifs is 1. The van der Waals surface area contributed by atoms with Gasteiger partial charge in [-0.3, -0.25) is 25.0 Å². The Balaban J connectivity index is 1.93. The molecule has 10 heteroatoms. The van der Waals surface area contributed by atoms with Crippen LogP contribution in [0.1, 0.15) is 12.8 Å². The van der Waals surface area contributed by atoms with E-state index >= 15 is 0 Å². The molecule has 1 aliphatic heterocycles. The van der Waals surface area contributed by atoms with Crippen LogP contribution in [0.2, 0.25) is 0 Å². The van der Waals surface area contributed by atoms with Gasteiger partial charge in [-0.05, 0) is 22.8 Å². The largest absolute Gasteiger partial charge is 0.372 e. The Bertz CT molecular complexity index is 755. The number of rotatable bonds is 3. The fourth-order valence-corrected chi connectivity index (χ4v) is 2.14. The summed E-state index contributed by atoms with van der Waals surface area (Å²) >= 11 is 0. The third-order valence-electron chi connectivity index (χ3n) is 3.16. The van der Waals surface area contributed by atoms with Gasteiger partial charge in [-0.25, -0.2) is 4.63 Å². The van der Waals surface area contributed by atoms with E-state index in [1.807, 2.05) is 0 Å². The highest BCUT2D eigenvalue weighted by Crippen LogP contribution is 2.29. The zero-order chi connectivity index (χ0) is 15.0. The minimum atomic E-state index is -0.621. The minimum Gasteiger partial charge on any atom is -0.372 e. The van der Waals surface area contributed by atoms with E-state index in [1.54, 1.807) is 0 Å². The van der Waals surface area contributed by atoms with E-state index in [9.17, 15) is 19.7 Å². The summed E-state index contributed by atoms with van der Waals surface area (Å²) in [5.74, 6) is -0.774. The highest BCUT2D eigenvalue weighted by Gasteiger charge is 2.28. The SMILES string of the molecule is O=C1CCC(Nc2ccc([N+](=O)[O-])c3nonc23)C(=O)N1. The van der Waals surface area contributed by atoms with Crippen LogP contribution in [0.25, 0.3) is 11.0 Å². The quantitative estimate of drug-likeness (QED) is 0.468. The maximum Gasteiger partial charge on any atom is 0.300 e. The number of piperidine rings is 1. The maximum atomic E-state index is 11.7. The van der Waals surface area contributed by atoms with Crippen LogP contribution in [0.15, 0.2) is 16.8 Å². The molecule has 1 aliphatic rings. The molecule has 0 aliphatic carbocycles. The number of aromatic nitrogens is 2. The van der Waals surface area contributed by atoms with Gasteiger partial charge in [0.15, 0.2) is 5.52 Å². The molecule has 21 heavy (non-hydrogen) atoms. The molecule has 2 aromatic rings. The number of nitro groups is 1. The van der Waals surface area contributed by atoms with Crippen LogP contribution in [0, 0.1) is 10.1 Å². The van der Waals surface area contributed by atoms with Crippen LogP contribution in [-0.2, 0) is 9.59 Å². The standard InChI is InChI=1S/C11H9N5O5/c17-8-4-2-6(11(18)13-8)12-5-1-3-7(16(19)20)10-9(5)14-21-15-10/h1,3,6,12H,2,4H2,(H,13,17,18). The summed E-state index contributed by atoms with van der Waals surface area (Å²) in [6.45, 7) is 0. The molecule has 1 saturated heterocycles. The van der Waals surface area contributed by atoms with Crippen molar-refractivity contribution in [2.24, 2.45) is 0 Å². The van der Waals surface area contributed by atoms with Crippen molar-refractivity contribution in [2.75, 3.05) is 5.32 Å². The van der Waals surface area contributed by atoms with Gasteiger partial charge in [-0.2, -0.15) is 0 Å². The zero-order valence-electron chi connectivity index (χ0n) is 10.5. The van der Waals surface area contributed by atoms with Gasteiger partial charge in [0.05, 0.1) is 10.6 Å². The molecule has 1 fully saturated rings. The van der Waals surface area contributed by atoms with Gasteiger partial charge in [-0.1, -0.05) is 0 Å². The summed E-state index contributed by atoms with van der Waals surface area (Å²) in [6.07, 6.45) is 0.547. The Morgan fingerprint density at radius 3 is 2.81 bits per heavy atom. The van der Waals surface area contributed by atoms with Gasteiger partial charge in [0, 0.05) is 12.5 Å². The normalized spacial score (nSPS) is 18.6. The lowest BCUT2D eigenvalue weighted by Crippen LogP contribution is -2.47. The Kier molecular flexibility index (Phi) is 2.97. The number of nitrogens with zero attached hydrogens (tertiary/aromatic N) is 3. The molecule has 2 heterocycles. The van der Waals surface area contributed by atoms with E-state index in [2.05, 4.69) is 25.6 Å². The van der Waals surface area contributed by atoms with Crippen molar-refractivity contribution in [1.29, 1.82) is 0 Å². The lowest BCUT2D eigenvalue weighted by Gasteiger charge is -2.22. The number of nitrogens with one attached hydrogen (secondary N) is 2. The number of non-ortho nitro benzene ring substituents is 1. The van der Waals surface area contributed by atoms with Crippen molar-refractivity contribution < 1.29 is 19.1 Å². The number of amides is 2. The van der Waals surface area contributed by atoms with Crippen LogP contribution < -0.4 is 10.6 Å². The Labute approximate surface area is 116 Å². The molecule has 1 aromatic carbocycles. The summed E-state index contributed by atoms with van der Waals surface area (Å²) in [7, 11) is 0. The molecule has 3 rings (SSSR count). The first-order valence-corrected chi connectivity index (χ1v) is 6.06. The Hall–Kier alpha value is -3.04. The average Bonchev–Trinajstić information content (AvgIpc) is 2.91. The third-order valence-corrected chi connectivity index (χ3v) is 3.16. The number of carbonyl (C=O) groups excluding carboxylic acids is 2. The van der Waals surface area contributed by atoms with E-state index in [1.165, 1.54) is 12.1 Å². The highest BCUT2D eigenvalue weighted by atomic mass is 16.6. The first kappa shape index (κ1) is 13.0. The van der Waals surface area contributed by atoms with Crippen molar-refractivity contribution in [2.45, 2.75) is 18.9 Å². The lowest BCUT2D eigenvalue weighted by atomic mass is 10.1. The molecule has 108 valence electrons. The first-order valence-electron chi connectivity index (χ1n) is 6.06. The molecule has 1 atom stereocenters. The van der Waals surface area contributed by atoms with Crippen molar-refractivity contribution >= 4 is 34.2 Å². The molecular formula is C11H9N5O5. The van der Waals surface area contributed by atoms with Crippen molar-refractivity contribution in [3.05, 3.63) is 22.2 Å². The monoisotopic (exact) mass is 291 g/mol. The molecule has 0 radical (unpaired) electrons. The summed E-state index contributed by atoms with van der Waals surface area (Å²) in [4.78, 5) is 33.1. The topological polar surface area (TPSA) is 140 Å². The van der Waals surface area contributed by atoms with Gasteiger partial charge in [0.2, 0.25) is 17.3 Å². The van der Waals surface area contributed by atoms with Crippen LogP contribution >= 0.6 is 0 Å². The molecule has 2 amide bonds. The second kappa shape index (κ2) is 4.81. The number of carbonyl (C=O) groups is 2. The van der Waals surface area contributed by atoms with E-state index < -0.39 is 16.9 Å². The fraction of sp³-hybridized carbons (Fsp3) is 0.273. The number of imide groups is 1. The van der Waals surface area contributed by atoms with Gasteiger partial charge < -0.3 is 5.32 Å². The van der Waals surface area contributed by atoms with Crippen molar-refractivity contribution in [3.63, 3.8) is 0 Å². The predicted octanol–water partition coefficient (Wildman–Crippen LogP) is 0.348. The number of benzene rings is 1. The van der Waals surface area contributed by atoms with E-state index in [-0.39, 0.29) is 29.0 Å². The molecule has 10 nitrogen and oxygen atoms in total. The first-order chi connectivity index (χ1) is 10.1. The maximum absolute atomic E-state index is 11.7. The van der Waals surface area contributed by atoms with Gasteiger partial charge in [0.1, 0.15) is 6.04 Å². The smallest absolute Gasteiger partial charge is 0.300 e. The second-order valence-corrected chi connectivity index (χ2v) is 4.50. The highest BCUT2D eigenvalue weighted by molar-refractivity contribution is 6.02. The molecule has 1 unspecified atom stereocenters. The Morgan fingerprint density at radius 2 is 2.10 bits per heavy atom. The molecule has 0 saturated carbocycles. The van der Waals surface area contributed by atoms with E-state index in [4.69, 9.17) is 0 Å². The predicted molar refractivity (Wildman–Crippen MR) is 68.3 cm³/mol. The molecule has 0 bridgehead atoms. The molecule has 0 spiro atoms. The van der Waals surface area contributed by atoms with E-state index in [0.29, 0.717) is 12.1 Å². The third kappa shape index (κ3) is 2.26. The molecular weight excluding hydrogens is 282 g/mol. The number of anilines is 1. The minimum absolute atomic E-state index is 0.00251. The molecule has 2 N–H and O–H groups in total. The Morgan fingerprint density at radius 1 is 1.33 bits per heavy atom. The summed E-state index contributed by atoms with van der Waals surface area (Å²) < 4.78 is 4.53. The van der Waals surface area contributed by atoms with Crippen LogP contribution in [0.3, 0.4) is 0 Å². The van der Waals surface area contributed by atoms with Gasteiger partial charge >= 0.3 is 5.69 Å². The van der Waals surface area contributed by atoms with Crippen LogP contribution in [-0.4, -0.2) is 33.1 Å². The van der Waals surface area contributed by atoms with Gasteiger partial charge in [0.25, 0.3) is 0 Å².